The molecule has 0 radical (unpaired) electrons. The Hall–Kier alpha value is -3.25. The van der Waals surface area contributed by atoms with Crippen molar-refractivity contribution in [2.24, 2.45) is 23.5 Å². The summed E-state index contributed by atoms with van der Waals surface area (Å²) >= 11 is 6.35. The predicted molar refractivity (Wildman–Crippen MR) is 132 cm³/mol. The van der Waals surface area contributed by atoms with Crippen LogP contribution in [0.5, 0.6) is 0 Å². The van der Waals surface area contributed by atoms with Crippen molar-refractivity contribution in [1.82, 2.24) is 14.8 Å². The summed E-state index contributed by atoms with van der Waals surface area (Å²) in [5.74, 6) is 0. The van der Waals surface area contributed by atoms with E-state index in [4.69, 9.17) is 28.1 Å². The molecule has 166 valence electrons. The number of benzene rings is 1. The normalized spacial score (nSPS) is 16.5. The smallest absolute Gasteiger partial charge is 0.0920 e. The summed E-state index contributed by atoms with van der Waals surface area (Å²) in [5, 5.41) is 4.91. The van der Waals surface area contributed by atoms with Gasteiger partial charge in [0.05, 0.1) is 23.6 Å². The Balaban J connectivity index is 1.74. The zero-order chi connectivity index (χ0) is 22.5. The largest absolute Gasteiger partial charge is 0.404 e. The molecule has 6 nitrogen and oxygen atoms in total. The standard InChI is InChI=1S/C25H29ClN6/c1-32-16-19(15-30-32)18-12-24(29-14-18)25(31-20-8-3-2-4-9-20)21(13-27)23(28)11-17-7-5-6-10-22(17)26/h5-7,10-16,20,29H,2-4,8-9,27-28H2,1H3/b21-13-,23-11-,31-25?. The lowest BCUT2D eigenvalue weighted by Crippen LogP contribution is -2.19. The first-order valence-corrected chi connectivity index (χ1v) is 11.3. The predicted octanol–water partition coefficient (Wildman–Crippen LogP) is 5.03. The third kappa shape index (κ3) is 4.97. The van der Waals surface area contributed by atoms with Gasteiger partial charge in [-0.05, 0) is 36.6 Å². The number of rotatable bonds is 6. The quantitative estimate of drug-likeness (QED) is 0.364. The fourth-order valence-corrected chi connectivity index (χ4v) is 4.28. The second-order valence-corrected chi connectivity index (χ2v) is 8.58. The van der Waals surface area contributed by atoms with E-state index in [-0.39, 0.29) is 6.04 Å². The number of halogens is 1. The van der Waals surface area contributed by atoms with Crippen molar-refractivity contribution in [1.29, 1.82) is 0 Å². The van der Waals surface area contributed by atoms with Gasteiger partial charge in [-0.1, -0.05) is 49.1 Å². The van der Waals surface area contributed by atoms with E-state index in [0.717, 1.165) is 40.9 Å². The van der Waals surface area contributed by atoms with E-state index in [0.29, 0.717) is 16.3 Å². The minimum Gasteiger partial charge on any atom is -0.404 e. The van der Waals surface area contributed by atoms with Gasteiger partial charge in [0, 0.05) is 53.1 Å². The summed E-state index contributed by atoms with van der Waals surface area (Å²) < 4.78 is 1.79. The fourth-order valence-electron chi connectivity index (χ4n) is 4.09. The van der Waals surface area contributed by atoms with Crippen LogP contribution in [0.25, 0.3) is 17.2 Å². The van der Waals surface area contributed by atoms with E-state index in [1.807, 2.05) is 56.0 Å². The maximum atomic E-state index is 6.54. The minimum absolute atomic E-state index is 0.256. The molecule has 3 aromatic rings. The highest BCUT2D eigenvalue weighted by atomic mass is 35.5. The number of nitrogens with zero attached hydrogens (tertiary/aromatic N) is 3. The van der Waals surface area contributed by atoms with Crippen molar-refractivity contribution in [2.75, 3.05) is 0 Å². The number of nitrogens with one attached hydrogen (secondary N) is 1. The second-order valence-electron chi connectivity index (χ2n) is 8.18. The molecule has 1 fully saturated rings. The SMILES string of the molecule is Cn1cc(-c2c[nH]c(C(=NC3CCCCC3)C(=C\N)/C(N)=C/c3ccccc3Cl)c2)cn1. The highest BCUT2D eigenvalue weighted by molar-refractivity contribution is 6.32. The van der Waals surface area contributed by atoms with Crippen molar-refractivity contribution in [3.05, 3.63) is 82.7 Å². The van der Waals surface area contributed by atoms with E-state index in [9.17, 15) is 0 Å². The van der Waals surface area contributed by atoms with Crippen LogP contribution in [-0.4, -0.2) is 26.5 Å². The van der Waals surface area contributed by atoms with E-state index in [1.54, 1.807) is 4.68 Å². The van der Waals surface area contributed by atoms with Gasteiger partial charge in [0.1, 0.15) is 0 Å². The van der Waals surface area contributed by atoms with Crippen LogP contribution in [0.15, 0.2) is 71.4 Å². The molecule has 2 heterocycles. The Morgan fingerprint density at radius 2 is 2.00 bits per heavy atom. The second kappa shape index (κ2) is 9.92. The first kappa shape index (κ1) is 22.0. The molecule has 0 aliphatic heterocycles. The van der Waals surface area contributed by atoms with Crippen molar-refractivity contribution in [3.63, 3.8) is 0 Å². The number of aliphatic imine (C=N–C) groups is 1. The molecule has 5 N–H and O–H groups in total. The lowest BCUT2D eigenvalue weighted by atomic mass is 9.95. The van der Waals surface area contributed by atoms with Crippen LogP contribution in [-0.2, 0) is 7.05 Å². The molecule has 0 atom stereocenters. The molecule has 0 bridgehead atoms. The van der Waals surface area contributed by atoms with Crippen LogP contribution in [0, 0.1) is 0 Å². The first-order valence-electron chi connectivity index (χ1n) is 10.9. The van der Waals surface area contributed by atoms with Crippen LogP contribution in [0.4, 0.5) is 0 Å². The highest BCUT2D eigenvalue weighted by Crippen LogP contribution is 2.27. The lowest BCUT2D eigenvalue weighted by molar-refractivity contribution is 0.443. The van der Waals surface area contributed by atoms with Crippen LogP contribution in [0.2, 0.25) is 5.02 Å². The van der Waals surface area contributed by atoms with Gasteiger partial charge in [0.25, 0.3) is 0 Å². The molecule has 0 unspecified atom stereocenters. The van der Waals surface area contributed by atoms with E-state index >= 15 is 0 Å². The van der Waals surface area contributed by atoms with Gasteiger partial charge in [-0.2, -0.15) is 5.10 Å². The Labute approximate surface area is 193 Å². The van der Waals surface area contributed by atoms with Gasteiger partial charge in [-0.3, -0.25) is 9.67 Å². The number of aromatic nitrogens is 3. The summed E-state index contributed by atoms with van der Waals surface area (Å²) in [4.78, 5) is 8.51. The van der Waals surface area contributed by atoms with Crippen molar-refractivity contribution < 1.29 is 0 Å². The number of aromatic amines is 1. The average Bonchev–Trinajstić information content (AvgIpc) is 3.45. The van der Waals surface area contributed by atoms with Gasteiger partial charge in [-0.15, -0.1) is 0 Å². The highest BCUT2D eigenvalue weighted by Gasteiger charge is 2.20. The van der Waals surface area contributed by atoms with Crippen molar-refractivity contribution in [3.8, 4) is 11.1 Å². The summed E-state index contributed by atoms with van der Waals surface area (Å²) in [6, 6.07) is 9.92. The third-order valence-corrected chi connectivity index (χ3v) is 6.16. The van der Waals surface area contributed by atoms with Crippen LogP contribution in [0.3, 0.4) is 0 Å². The minimum atomic E-state index is 0.256. The van der Waals surface area contributed by atoms with E-state index < -0.39 is 0 Å². The van der Waals surface area contributed by atoms with E-state index in [2.05, 4.69) is 16.1 Å². The number of nitrogens with two attached hydrogens (primary N) is 2. The summed E-state index contributed by atoms with van der Waals surface area (Å²) in [5.41, 5.74) is 18.4. The summed E-state index contributed by atoms with van der Waals surface area (Å²) in [7, 11) is 1.91. The Morgan fingerprint density at radius 3 is 2.69 bits per heavy atom. The molecular weight excluding hydrogens is 420 g/mol. The number of allylic oxidation sites excluding steroid dienone is 1. The maximum absolute atomic E-state index is 6.54. The number of H-pyrrole nitrogens is 1. The number of aryl methyl sites for hydroxylation is 1. The van der Waals surface area contributed by atoms with Crippen LogP contribution in [0.1, 0.15) is 43.4 Å². The van der Waals surface area contributed by atoms with Gasteiger partial charge in [0.2, 0.25) is 0 Å². The first-order chi connectivity index (χ1) is 15.5. The number of hydrogen-bond donors (Lipinski definition) is 3. The summed E-state index contributed by atoms with van der Waals surface area (Å²) in [6.45, 7) is 0. The molecule has 0 amide bonds. The fraction of sp³-hybridized carbons (Fsp3) is 0.280. The van der Waals surface area contributed by atoms with Gasteiger partial charge in [0.15, 0.2) is 0 Å². The monoisotopic (exact) mass is 448 g/mol. The summed E-state index contributed by atoms with van der Waals surface area (Å²) in [6.07, 6.45) is 15.0. The molecule has 7 heteroatoms. The zero-order valence-electron chi connectivity index (χ0n) is 18.3. The maximum Gasteiger partial charge on any atom is 0.0920 e. The molecular formula is C25H29ClN6. The Morgan fingerprint density at radius 1 is 1.22 bits per heavy atom. The molecule has 0 saturated heterocycles. The molecule has 32 heavy (non-hydrogen) atoms. The topological polar surface area (TPSA) is 98.0 Å². The van der Waals surface area contributed by atoms with Gasteiger partial charge >= 0.3 is 0 Å². The van der Waals surface area contributed by atoms with E-state index in [1.165, 1.54) is 25.5 Å². The van der Waals surface area contributed by atoms with Crippen molar-refractivity contribution >= 4 is 23.4 Å². The Kier molecular flexibility index (Phi) is 6.81. The van der Waals surface area contributed by atoms with Crippen LogP contribution >= 0.6 is 11.6 Å². The molecule has 2 aromatic heterocycles. The molecule has 1 saturated carbocycles. The van der Waals surface area contributed by atoms with Gasteiger partial charge < -0.3 is 16.5 Å². The average molecular weight is 449 g/mol. The van der Waals surface area contributed by atoms with Gasteiger partial charge in [-0.25, -0.2) is 0 Å². The molecule has 0 spiro atoms. The van der Waals surface area contributed by atoms with Crippen molar-refractivity contribution in [2.45, 2.75) is 38.1 Å². The lowest BCUT2D eigenvalue weighted by Gasteiger charge is -2.20. The van der Waals surface area contributed by atoms with Crippen LogP contribution < -0.4 is 11.5 Å². The zero-order valence-corrected chi connectivity index (χ0v) is 19.0. The third-order valence-electron chi connectivity index (χ3n) is 5.81. The molecule has 1 aliphatic carbocycles. The Bertz CT molecular complexity index is 1160. The molecule has 4 rings (SSSR count). The molecule has 1 aromatic carbocycles. The molecule has 1 aliphatic rings. The number of hydrogen-bond acceptors (Lipinski definition) is 4.